The van der Waals surface area contributed by atoms with E-state index >= 15 is 0 Å². The number of rotatable bonds is 3. The maximum absolute atomic E-state index is 10.3. The minimum Gasteiger partial charge on any atom is -0.390 e. The summed E-state index contributed by atoms with van der Waals surface area (Å²) in [5, 5.41) is 10.3. The van der Waals surface area contributed by atoms with Crippen LogP contribution >= 0.6 is 0 Å². The largest absolute Gasteiger partial charge is 0.390 e. The van der Waals surface area contributed by atoms with Crippen LogP contribution in [0.5, 0.6) is 0 Å². The lowest BCUT2D eigenvalue weighted by Crippen LogP contribution is -2.26. The summed E-state index contributed by atoms with van der Waals surface area (Å²) in [6, 6.07) is 0. The van der Waals surface area contributed by atoms with Gasteiger partial charge in [0.15, 0.2) is 0 Å². The topological polar surface area (TPSA) is 29.5 Å². The average Bonchev–Trinajstić information content (AvgIpc) is 2.73. The molecule has 1 aliphatic heterocycles. The summed E-state index contributed by atoms with van der Waals surface area (Å²) < 4.78 is 5.57. The summed E-state index contributed by atoms with van der Waals surface area (Å²) >= 11 is 0. The fraction of sp³-hybridized carbons (Fsp3) is 1.00. The van der Waals surface area contributed by atoms with Crippen LogP contribution in [-0.4, -0.2) is 23.4 Å². The predicted octanol–water partition coefficient (Wildman–Crippen LogP) is 2.50. The van der Waals surface area contributed by atoms with Crippen LogP contribution in [-0.2, 0) is 4.74 Å². The second kappa shape index (κ2) is 4.19. The van der Waals surface area contributed by atoms with E-state index in [0.717, 1.165) is 32.3 Å². The molecule has 2 rings (SSSR count). The van der Waals surface area contributed by atoms with Crippen LogP contribution in [0.25, 0.3) is 0 Å². The molecule has 2 nitrogen and oxygen atoms in total. The molecule has 0 bridgehead atoms. The third-order valence-electron chi connectivity index (χ3n) is 3.79. The monoisotopic (exact) mass is 198 g/mol. The molecule has 0 aromatic carbocycles. The van der Waals surface area contributed by atoms with Gasteiger partial charge in [0, 0.05) is 6.61 Å². The highest BCUT2D eigenvalue weighted by molar-refractivity contribution is 4.88. The van der Waals surface area contributed by atoms with Crippen molar-refractivity contribution in [1.29, 1.82) is 0 Å². The van der Waals surface area contributed by atoms with Gasteiger partial charge < -0.3 is 9.84 Å². The molecule has 0 aromatic heterocycles. The first-order chi connectivity index (χ1) is 6.68. The van der Waals surface area contributed by atoms with Crippen molar-refractivity contribution >= 4 is 0 Å². The lowest BCUT2D eigenvalue weighted by atomic mass is 9.93. The summed E-state index contributed by atoms with van der Waals surface area (Å²) in [7, 11) is 0. The van der Waals surface area contributed by atoms with E-state index in [1.807, 2.05) is 0 Å². The van der Waals surface area contributed by atoms with Crippen molar-refractivity contribution in [3.05, 3.63) is 0 Å². The Labute approximate surface area is 86.6 Å². The Hall–Kier alpha value is -0.0800. The molecule has 1 saturated carbocycles. The van der Waals surface area contributed by atoms with Gasteiger partial charge >= 0.3 is 0 Å². The van der Waals surface area contributed by atoms with Gasteiger partial charge in [0.1, 0.15) is 0 Å². The van der Waals surface area contributed by atoms with Gasteiger partial charge in [-0.05, 0) is 50.9 Å². The lowest BCUT2D eigenvalue weighted by Gasteiger charge is -2.23. The zero-order chi connectivity index (χ0) is 10.0. The minimum absolute atomic E-state index is 0.356. The molecule has 2 aliphatic rings. The third-order valence-corrected chi connectivity index (χ3v) is 3.79. The lowest BCUT2D eigenvalue weighted by molar-refractivity contribution is 0.0135. The minimum atomic E-state index is -0.356. The van der Waals surface area contributed by atoms with Crippen LogP contribution in [0.1, 0.15) is 51.9 Å². The van der Waals surface area contributed by atoms with Crippen molar-refractivity contribution in [3.8, 4) is 0 Å². The second-order valence-electron chi connectivity index (χ2n) is 5.25. The van der Waals surface area contributed by atoms with E-state index in [-0.39, 0.29) is 5.60 Å². The van der Waals surface area contributed by atoms with Crippen LogP contribution in [0.4, 0.5) is 0 Å². The molecule has 3 unspecified atom stereocenters. The highest BCUT2D eigenvalue weighted by atomic mass is 16.5. The summed E-state index contributed by atoms with van der Waals surface area (Å²) in [4.78, 5) is 0. The maximum atomic E-state index is 10.3. The molecule has 0 aromatic rings. The van der Waals surface area contributed by atoms with Gasteiger partial charge in [-0.3, -0.25) is 0 Å². The van der Waals surface area contributed by atoms with Crippen LogP contribution < -0.4 is 0 Å². The summed E-state index contributed by atoms with van der Waals surface area (Å²) in [5.74, 6) is 0.712. The summed E-state index contributed by atoms with van der Waals surface area (Å²) in [6.07, 6.45) is 8.05. The summed E-state index contributed by atoms with van der Waals surface area (Å²) in [6.45, 7) is 3.17. The highest BCUT2D eigenvalue weighted by Crippen LogP contribution is 2.38. The van der Waals surface area contributed by atoms with E-state index in [4.69, 9.17) is 4.74 Å². The molecule has 3 atom stereocenters. The maximum Gasteiger partial charge on any atom is 0.0651 e. The standard InChI is InChI=1S/C12H22O2/c1-10-4-6-12(13,9-10)7-5-11-3-2-8-14-11/h10-11,13H,2-9H2,1H3. The van der Waals surface area contributed by atoms with Gasteiger partial charge in [-0.2, -0.15) is 0 Å². The molecule has 1 N–H and O–H groups in total. The van der Waals surface area contributed by atoms with Crippen LogP contribution in [0.15, 0.2) is 0 Å². The van der Waals surface area contributed by atoms with Gasteiger partial charge in [-0.1, -0.05) is 6.92 Å². The van der Waals surface area contributed by atoms with Crippen molar-refractivity contribution < 1.29 is 9.84 Å². The van der Waals surface area contributed by atoms with E-state index in [2.05, 4.69) is 6.92 Å². The van der Waals surface area contributed by atoms with Crippen molar-refractivity contribution in [2.24, 2.45) is 5.92 Å². The first-order valence-electron chi connectivity index (χ1n) is 6.02. The van der Waals surface area contributed by atoms with E-state index in [9.17, 15) is 5.11 Å². The molecule has 0 radical (unpaired) electrons. The number of hydrogen-bond acceptors (Lipinski definition) is 2. The van der Waals surface area contributed by atoms with Crippen LogP contribution in [0.3, 0.4) is 0 Å². The molecule has 0 spiro atoms. The molecule has 1 heterocycles. The Bertz CT molecular complexity index is 187. The molecule has 82 valence electrons. The fourth-order valence-corrected chi connectivity index (χ4v) is 2.90. The molecule has 2 heteroatoms. The van der Waals surface area contributed by atoms with Crippen molar-refractivity contribution in [3.63, 3.8) is 0 Å². The molecule has 2 fully saturated rings. The average molecular weight is 198 g/mol. The predicted molar refractivity (Wildman–Crippen MR) is 56.2 cm³/mol. The fourth-order valence-electron chi connectivity index (χ4n) is 2.90. The van der Waals surface area contributed by atoms with Gasteiger partial charge in [-0.15, -0.1) is 0 Å². The summed E-state index contributed by atoms with van der Waals surface area (Å²) in [5.41, 5.74) is -0.356. The molecular formula is C12H22O2. The number of hydrogen-bond donors (Lipinski definition) is 1. The number of ether oxygens (including phenoxy) is 1. The Morgan fingerprint density at radius 3 is 2.86 bits per heavy atom. The van der Waals surface area contributed by atoms with Gasteiger partial charge in [0.05, 0.1) is 11.7 Å². The van der Waals surface area contributed by atoms with E-state index in [1.165, 1.54) is 19.3 Å². The molecule has 14 heavy (non-hydrogen) atoms. The number of aliphatic hydroxyl groups is 1. The molecule has 1 aliphatic carbocycles. The highest BCUT2D eigenvalue weighted by Gasteiger charge is 2.35. The quantitative estimate of drug-likeness (QED) is 0.755. The zero-order valence-corrected chi connectivity index (χ0v) is 9.17. The first-order valence-corrected chi connectivity index (χ1v) is 6.02. The van der Waals surface area contributed by atoms with Crippen LogP contribution in [0.2, 0.25) is 0 Å². The van der Waals surface area contributed by atoms with E-state index < -0.39 is 0 Å². The normalized spacial score (nSPS) is 43.3. The Morgan fingerprint density at radius 1 is 1.43 bits per heavy atom. The smallest absolute Gasteiger partial charge is 0.0651 e. The van der Waals surface area contributed by atoms with E-state index in [1.54, 1.807) is 0 Å². The van der Waals surface area contributed by atoms with Gasteiger partial charge in [0.25, 0.3) is 0 Å². The van der Waals surface area contributed by atoms with Crippen molar-refractivity contribution in [1.82, 2.24) is 0 Å². The van der Waals surface area contributed by atoms with Crippen molar-refractivity contribution in [2.45, 2.75) is 63.6 Å². The Morgan fingerprint density at radius 2 is 2.29 bits per heavy atom. The van der Waals surface area contributed by atoms with Crippen molar-refractivity contribution in [2.75, 3.05) is 6.61 Å². The molecule has 0 amide bonds. The Kier molecular flexibility index (Phi) is 3.13. The zero-order valence-electron chi connectivity index (χ0n) is 9.17. The Balaban J connectivity index is 1.73. The molecular weight excluding hydrogens is 176 g/mol. The van der Waals surface area contributed by atoms with Crippen LogP contribution in [0, 0.1) is 5.92 Å². The van der Waals surface area contributed by atoms with Gasteiger partial charge in [0.2, 0.25) is 0 Å². The van der Waals surface area contributed by atoms with E-state index in [0.29, 0.717) is 12.0 Å². The first kappa shape index (κ1) is 10.4. The van der Waals surface area contributed by atoms with Gasteiger partial charge in [-0.25, -0.2) is 0 Å². The molecule has 1 saturated heterocycles. The second-order valence-corrected chi connectivity index (χ2v) is 5.25. The SMILES string of the molecule is CC1CCC(O)(CCC2CCCO2)C1. The third kappa shape index (κ3) is 2.48.